The van der Waals surface area contributed by atoms with Crippen molar-refractivity contribution in [2.24, 2.45) is 14.1 Å². The molecule has 0 fully saturated rings. The molecular formula is C23H22N10O6. The molecule has 39 heavy (non-hydrogen) atoms. The summed E-state index contributed by atoms with van der Waals surface area (Å²) < 4.78 is 6.44. The molecule has 16 nitrogen and oxygen atoms in total. The van der Waals surface area contributed by atoms with Gasteiger partial charge in [0.15, 0.2) is 16.8 Å². The van der Waals surface area contributed by atoms with Gasteiger partial charge >= 0.3 is 5.69 Å². The first-order valence-corrected chi connectivity index (χ1v) is 11.7. The molecule has 0 saturated heterocycles. The summed E-state index contributed by atoms with van der Waals surface area (Å²) in [5.74, 6) is -0.389. The average Bonchev–Trinajstić information content (AvgIpc) is 3.53. The molecule has 0 saturated carbocycles. The number of hydrogen-bond donors (Lipinski definition) is 1. The number of fused-ring (bicyclic) bond motifs is 2. The van der Waals surface area contributed by atoms with Crippen molar-refractivity contribution in [2.45, 2.75) is 19.6 Å². The molecule has 1 N–H and O–H groups in total. The number of rotatable bonds is 8. The Morgan fingerprint density at radius 3 is 2.38 bits per heavy atom. The standard InChI is InChI=1S/C23H22N10O6/c1-28-20-18(22(36)29(2)23(28)37)30(12-26-20)11-17(34)24-7-8-32-19-16(9-27-32)21(35)31(13-25-19)10-14-3-5-15(6-4-14)33(38)39/h3-6,9,12-13H,7-8,10-11H2,1-2H3,(H,24,34). The van der Waals surface area contributed by atoms with Crippen LogP contribution < -0.4 is 22.1 Å². The smallest absolute Gasteiger partial charge is 0.332 e. The second kappa shape index (κ2) is 9.81. The van der Waals surface area contributed by atoms with E-state index in [-0.39, 0.29) is 59.9 Å². The normalized spacial score (nSPS) is 11.3. The van der Waals surface area contributed by atoms with Crippen molar-refractivity contribution >= 4 is 33.8 Å². The summed E-state index contributed by atoms with van der Waals surface area (Å²) in [7, 11) is 2.85. The quantitative estimate of drug-likeness (QED) is 0.195. The molecule has 0 unspecified atom stereocenters. The molecule has 1 amide bonds. The Hall–Kier alpha value is -5.41. The highest BCUT2D eigenvalue weighted by Crippen LogP contribution is 2.13. The van der Waals surface area contributed by atoms with Gasteiger partial charge in [0.25, 0.3) is 16.8 Å². The van der Waals surface area contributed by atoms with Gasteiger partial charge in [-0.2, -0.15) is 5.10 Å². The number of hydrogen-bond acceptors (Lipinski definition) is 9. The number of imidazole rings is 1. The molecule has 200 valence electrons. The maximum atomic E-state index is 12.9. The Bertz CT molecular complexity index is 1930. The lowest BCUT2D eigenvalue weighted by atomic mass is 10.2. The largest absolute Gasteiger partial charge is 0.353 e. The number of nitrogens with one attached hydrogen (secondary N) is 1. The lowest BCUT2D eigenvalue weighted by Crippen LogP contribution is -2.38. The molecule has 0 radical (unpaired) electrons. The van der Waals surface area contributed by atoms with Gasteiger partial charge in [0.05, 0.1) is 30.5 Å². The Balaban J connectivity index is 1.25. The maximum absolute atomic E-state index is 12.9. The zero-order valence-electron chi connectivity index (χ0n) is 20.8. The number of nitro groups is 1. The number of carbonyl (C=O) groups is 1. The van der Waals surface area contributed by atoms with E-state index in [1.54, 1.807) is 12.1 Å². The van der Waals surface area contributed by atoms with Crippen molar-refractivity contribution in [3.05, 3.63) is 90.0 Å². The molecule has 0 bridgehead atoms. The van der Waals surface area contributed by atoms with E-state index >= 15 is 0 Å². The molecule has 1 aromatic carbocycles. The summed E-state index contributed by atoms with van der Waals surface area (Å²) in [6.45, 7) is 0.401. The molecule has 5 aromatic rings. The number of aromatic nitrogens is 8. The van der Waals surface area contributed by atoms with Crippen molar-refractivity contribution in [3.63, 3.8) is 0 Å². The predicted octanol–water partition coefficient (Wildman–Crippen LogP) is -0.887. The third-order valence-electron chi connectivity index (χ3n) is 6.30. The van der Waals surface area contributed by atoms with E-state index < -0.39 is 16.2 Å². The van der Waals surface area contributed by atoms with Gasteiger partial charge in [-0.1, -0.05) is 12.1 Å². The van der Waals surface area contributed by atoms with E-state index in [9.17, 15) is 29.3 Å². The van der Waals surface area contributed by atoms with Gasteiger partial charge in [0, 0.05) is 32.8 Å². The summed E-state index contributed by atoms with van der Waals surface area (Å²) >= 11 is 0. The lowest BCUT2D eigenvalue weighted by Gasteiger charge is -2.09. The molecule has 0 atom stereocenters. The second-order valence-corrected chi connectivity index (χ2v) is 8.81. The monoisotopic (exact) mass is 534 g/mol. The zero-order chi connectivity index (χ0) is 27.8. The van der Waals surface area contributed by atoms with Gasteiger partial charge in [-0.05, 0) is 5.56 Å². The zero-order valence-corrected chi connectivity index (χ0v) is 20.8. The van der Waals surface area contributed by atoms with Crippen molar-refractivity contribution in [1.82, 2.24) is 43.3 Å². The van der Waals surface area contributed by atoms with E-state index in [4.69, 9.17) is 0 Å². The van der Waals surface area contributed by atoms with Gasteiger partial charge in [-0.15, -0.1) is 0 Å². The molecule has 4 heterocycles. The Morgan fingerprint density at radius 2 is 1.67 bits per heavy atom. The third kappa shape index (κ3) is 4.58. The predicted molar refractivity (Wildman–Crippen MR) is 137 cm³/mol. The van der Waals surface area contributed by atoms with E-state index in [0.29, 0.717) is 11.2 Å². The molecule has 0 spiro atoms. The number of aryl methyl sites for hydroxylation is 1. The van der Waals surface area contributed by atoms with E-state index in [0.717, 1.165) is 4.57 Å². The molecule has 0 aliphatic rings. The van der Waals surface area contributed by atoms with Crippen LogP contribution in [-0.2, 0) is 38.5 Å². The van der Waals surface area contributed by atoms with Gasteiger partial charge in [0.1, 0.15) is 18.3 Å². The Labute approximate surface area is 217 Å². The highest BCUT2D eigenvalue weighted by atomic mass is 16.6. The van der Waals surface area contributed by atoms with Crippen LogP contribution in [0, 0.1) is 10.1 Å². The first kappa shape index (κ1) is 25.2. The molecule has 0 aliphatic heterocycles. The number of benzene rings is 1. The Morgan fingerprint density at radius 1 is 0.974 bits per heavy atom. The molecule has 4 aromatic heterocycles. The van der Waals surface area contributed by atoms with Crippen LogP contribution in [0.2, 0.25) is 0 Å². The van der Waals surface area contributed by atoms with Crippen LogP contribution in [0.5, 0.6) is 0 Å². The average molecular weight is 534 g/mol. The third-order valence-corrected chi connectivity index (χ3v) is 6.30. The topological polar surface area (TPSA) is 187 Å². The molecular weight excluding hydrogens is 512 g/mol. The summed E-state index contributed by atoms with van der Waals surface area (Å²) in [5, 5.41) is 18.1. The number of amides is 1. The van der Waals surface area contributed by atoms with E-state index in [2.05, 4.69) is 20.4 Å². The number of nitro benzene ring substituents is 1. The maximum Gasteiger partial charge on any atom is 0.332 e. The minimum absolute atomic E-state index is 0.0392. The number of non-ortho nitro benzene ring substituents is 1. The molecule has 5 rings (SSSR count). The van der Waals surface area contributed by atoms with Gasteiger partial charge < -0.3 is 9.88 Å². The summed E-state index contributed by atoms with van der Waals surface area (Å²) in [6.07, 6.45) is 4.11. The van der Waals surface area contributed by atoms with Crippen LogP contribution in [0.25, 0.3) is 22.2 Å². The van der Waals surface area contributed by atoms with Crippen LogP contribution in [0.4, 0.5) is 5.69 Å². The van der Waals surface area contributed by atoms with Crippen LogP contribution in [-0.4, -0.2) is 55.4 Å². The fraction of sp³-hybridized carbons (Fsp3) is 0.261. The highest BCUT2D eigenvalue weighted by molar-refractivity contribution is 5.79. The number of nitrogens with zero attached hydrogens (tertiary/aromatic N) is 9. The van der Waals surface area contributed by atoms with E-state index in [1.165, 1.54) is 63.5 Å². The van der Waals surface area contributed by atoms with Gasteiger partial charge in [0.2, 0.25) is 5.91 Å². The van der Waals surface area contributed by atoms with E-state index in [1.807, 2.05) is 0 Å². The number of carbonyl (C=O) groups excluding carboxylic acids is 1. The van der Waals surface area contributed by atoms with Crippen molar-refractivity contribution in [1.29, 1.82) is 0 Å². The molecule has 16 heteroatoms. The SMILES string of the molecule is Cn1c(=O)c2c(ncn2CC(=O)NCCn2ncc3c(=O)n(Cc4ccc([N+](=O)[O-])cc4)cnc32)n(C)c1=O. The fourth-order valence-corrected chi connectivity index (χ4v) is 4.22. The summed E-state index contributed by atoms with van der Waals surface area (Å²) in [4.78, 5) is 68.9. The Kier molecular flexibility index (Phi) is 6.35. The van der Waals surface area contributed by atoms with Crippen LogP contribution in [0.15, 0.2) is 57.5 Å². The second-order valence-electron chi connectivity index (χ2n) is 8.81. The lowest BCUT2D eigenvalue weighted by molar-refractivity contribution is -0.384. The van der Waals surface area contributed by atoms with Crippen LogP contribution in [0.1, 0.15) is 5.56 Å². The van der Waals surface area contributed by atoms with Crippen molar-refractivity contribution in [3.8, 4) is 0 Å². The fourth-order valence-electron chi connectivity index (χ4n) is 4.22. The van der Waals surface area contributed by atoms with Crippen LogP contribution >= 0.6 is 0 Å². The highest BCUT2D eigenvalue weighted by Gasteiger charge is 2.16. The van der Waals surface area contributed by atoms with Gasteiger partial charge in [-0.25, -0.2) is 19.4 Å². The van der Waals surface area contributed by atoms with Crippen LogP contribution in [0.3, 0.4) is 0 Å². The molecule has 0 aliphatic carbocycles. The van der Waals surface area contributed by atoms with Gasteiger partial charge in [-0.3, -0.25) is 38.2 Å². The first-order chi connectivity index (χ1) is 18.7. The summed E-state index contributed by atoms with van der Waals surface area (Å²) in [6, 6.07) is 5.89. The minimum Gasteiger partial charge on any atom is -0.353 e. The van der Waals surface area contributed by atoms with Crippen molar-refractivity contribution in [2.75, 3.05) is 6.54 Å². The first-order valence-electron chi connectivity index (χ1n) is 11.7. The van der Waals surface area contributed by atoms with Crippen molar-refractivity contribution < 1.29 is 9.72 Å². The summed E-state index contributed by atoms with van der Waals surface area (Å²) in [5.41, 5.74) is -0.0542. The minimum atomic E-state index is -0.549.